The van der Waals surface area contributed by atoms with Crippen LogP contribution in [0.4, 0.5) is 17.5 Å². The van der Waals surface area contributed by atoms with Crippen LogP contribution in [-0.4, -0.2) is 34.4 Å². The van der Waals surface area contributed by atoms with Gasteiger partial charge in [0.2, 0.25) is 5.95 Å². The second kappa shape index (κ2) is 6.70. The lowest BCUT2D eigenvalue weighted by Gasteiger charge is -2.12. The van der Waals surface area contributed by atoms with Crippen molar-refractivity contribution in [1.29, 1.82) is 0 Å². The number of rotatable bonds is 5. The molecule has 0 amide bonds. The van der Waals surface area contributed by atoms with Gasteiger partial charge in [-0.05, 0) is 43.9 Å². The molecule has 1 aliphatic rings. The van der Waals surface area contributed by atoms with Crippen molar-refractivity contribution in [2.45, 2.75) is 32.8 Å². The fourth-order valence-electron chi connectivity index (χ4n) is 2.47. The Kier molecular flexibility index (Phi) is 4.48. The topological polar surface area (TPSA) is 72.0 Å². The van der Waals surface area contributed by atoms with E-state index in [9.17, 15) is 0 Å². The predicted molar refractivity (Wildman–Crippen MR) is 86.5 cm³/mol. The monoisotopic (exact) mass is 299 g/mol. The van der Waals surface area contributed by atoms with Gasteiger partial charge in [-0.1, -0.05) is 12.1 Å². The lowest BCUT2D eigenvalue weighted by atomic mass is 10.1. The number of aromatic nitrogens is 3. The maximum atomic E-state index is 5.59. The summed E-state index contributed by atoms with van der Waals surface area (Å²) in [4.78, 5) is 4.45. The second-order valence-corrected chi connectivity index (χ2v) is 5.55. The molecule has 6 heteroatoms. The summed E-state index contributed by atoms with van der Waals surface area (Å²) in [5.74, 6) is 1.20. The Labute approximate surface area is 130 Å². The Morgan fingerprint density at radius 2 is 2.23 bits per heavy atom. The number of nitrogens with zero attached hydrogens (tertiary/aromatic N) is 3. The molecule has 3 rings (SSSR count). The van der Waals surface area contributed by atoms with Gasteiger partial charge < -0.3 is 15.4 Å². The van der Waals surface area contributed by atoms with Gasteiger partial charge in [-0.3, -0.25) is 0 Å². The van der Waals surface area contributed by atoms with Crippen molar-refractivity contribution in [3.05, 3.63) is 35.5 Å². The molecule has 1 aromatic heterocycles. The minimum atomic E-state index is 0.269. The quantitative estimate of drug-likeness (QED) is 0.884. The summed E-state index contributed by atoms with van der Waals surface area (Å²) >= 11 is 0. The first-order valence-electron chi connectivity index (χ1n) is 7.61. The summed E-state index contributed by atoms with van der Waals surface area (Å²) in [5, 5.41) is 14.5. The van der Waals surface area contributed by atoms with Crippen LogP contribution in [0.2, 0.25) is 0 Å². The van der Waals surface area contributed by atoms with Crippen LogP contribution in [0.1, 0.15) is 24.0 Å². The second-order valence-electron chi connectivity index (χ2n) is 5.55. The van der Waals surface area contributed by atoms with E-state index in [1.54, 1.807) is 6.20 Å². The summed E-state index contributed by atoms with van der Waals surface area (Å²) < 4.78 is 5.59. The number of nitrogens with one attached hydrogen (secondary N) is 2. The smallest absolute Gasteiger partial charge is 0.249 e. The molecule has 2 heterocycles. The van der Waals surface area contributed by atoms with E-state index in [0.717, 1.165) is 31.7 Å². The molecule has 1 atom stereocenters. The first-order chi connectivity index (χ1) is 10.7. The van der Waals surface area contributed by atoms with Crippen molar-refractivity contribution in [3.63, 3.8) is 0 Å². The van der Waals surface area contributed by atoms with E-state index < -0.39 is 0 Å². The van der Waals surface area contributed by atoms with Crippen LogP contribution < -0.4 is 10.6 Å². The number of hydrogen-bond acceptors (Lipinski definition) is 6. The maximum absolute atomic E-state index is 5.59. The van der Waals surface area contributed by atoms with E-state index in [0.29, 0.717) is 11.8 Å². The van der Waals surface area contributed by atoms with Crippen LogP contribution in [-0.2, 0) is 4.74 Å². The number of anilines is 3. The minimum absolute atomic E-state index is 0.269. The summed E-state index contributed by atoms with van der Waals surface area (Å²) in [6.07, 6.45) is 4.13. The van der Waals surface area contributed by atoms with Gasteiger partial charge in [0.25, 0.3) is 0 Å². The third kappa shape index (κ3) is 3.51. The molecule has 0 bridgehead atoms. The van der Waals surface area contributed by atoms with Gasteiger partial charge in [-0.15, -0.1) is 5.10 Å². The molecule has 1 saturated heterocycles. The van der Waals surface area contributed by atoms with Crippen LogP contribution in [0.25, 0.3) is 0 Å². The number of benzene rings is 1. The Hall–Kier alpha value is -2.21. The highest BCUT2D eigenvalue weighted by molar-refractivity contribution is 5.60. The first kappa shape index (κ1) is 14.7. The van der Waals surface area contributed by atoms with Crippen molar-refractivity contribution in [1.82, 2.24) is 15.2 Å². The van der Waals surface area contributed by atoms with E-state index in [4.69, 9.17) is 4.74 Å². The van der Waals surface area contributed by atoms with Crippen LogP contribution in [0.3, 0.4) is 0 Å². The third-order valence-corrected chi connectivity index (χ3v) is 3.94. The zero-order chi connectivity index (χ0) is 15.4. The fraction of sp³-hybridized carbons (Fsp3) is 0.438. The van der Waals surface area contributed by atoms with E-state index in [-0.39, 0.29) is 6.10 Å². The van der Waals surface area contributed by atoms with Gasteiger partial charge in [0.1, 0.15) is 0 Å². The lowest BCUT2D eigenvalue weighted by molar-refractivity contribution is 0.120. The predicted octanol–water partition coefficient (Wildman–Crippen LogP) is 2.82. The van der Waals surface area contributed by atoms with Crippen molar-refractivity contribution >= 4 is 17.5 Å². The molecular weight excluding hydrogens is 278 g/mol. The molecule has 2 aromatic rings. The average Bonchev–Trinajstić information content (AvgIpc) is 3.04. The van der Waals surface area contributed by atoms with E-state index in [1.165, 1.54) is 11.1 Å². The molecule has 1 fully saturated rings. The van der Waals surface area contributed by atoms with Crippen molar-refractivity contribution in [3.8, 4) is 0 Å². The van der Waals surface area contributed by atoms with E-state index in [1.807, 2.05) is 12.1 Å². The van der Waals surface area contributed by atoms with Gasteiger partial charge in [0.05, 0.1) is 12.3 Å². The summed E-state index contributed by atoms with van der Waals surface area (Å²) in [7, 11) is 0. The van der Waals surface area contributed by atoms with Crippen molar-refractivity contribution in [2.75, 3.05) is 23.8 Å². The molecule has 2 N–H and O–H groups in total. The van der Waals surface area contributed by atoms with Crippen molar-refractivity contribution < 1.29 is 4.74 Å². The summed E-state index contributed by atoms with van der Waals surface area (Å²) in [6.45, 7) is 5.76. The summed E-state index contributed by atoms with van der Waals surface area (Å²) in [6, 6.07) is 6.11. The normalized spacial score (nSPS) is 17.5. The molecule has 0 aliphatic carbocycles. The maximum Gasteiger partial charge on any atom is 0.249 e. The number of aryl methyl sites for hydroxylation is 1. The van der Waals surface area contributed by atoms with E-state index >= 15 is 0 Å². The molecule has 1 aromatic carbocycles. The highest BCUT2D eigenvalue weighted by Gasteiger charge is 2.15. The highest BCUT2D eigenvalue weighted by atomic mass is 16.5. The zero-order valence-electron chi connectivity index (χ0n) is 13.0. The summed E-state index contributed by atoms with van der Waals surface area (Å²) in [5.41, 5.74) is 3.41. The van der Waals surface area contributed by atoms with Crippen LogP contribution in [0.15, 0.2) is 24.4 Å². The third-order valence-electron chi connectivity index (χ3n) is 3.94. The van der Waals surface area contributed by atoms with Crippen molar-refractivity contribution in [2.24, 2.45) is 0 Å². The molecule has 0 radical (unpaired) electrons. The Morgan fingerprint density at radius 1 is 1.32 bits per heavy atom. The van der Waals surface area contributed by atoms with E-state index in [2.05, 4.69) is 45.7 Å². The molecule has 6 nitrogen and oxygen atoms in total. The standard InChI is InChI=1S/C16H21N5O/c1-11-5-3-7-14(12(11)2)19-16-20-15(10-18-21-16)17-9-13-6-4-8-22-13/h3,5,7,10,13H,4,6,8-9H2,1-2H3,(H2,17,19,20,21). The molecular formula is C16H21N5O. The fourth-order valence-corrected chi connectivity index (χ4v) is 2.47. The molecule has 1 unspecified atom stereocenters. The molecule has 116 valence electrons. The zero-order valence-corrected chi connectivity index (χ0v) is 13.0. The largest absolute Gasteiger partial charge is 0.376 e. The Bertz CT molecular complexity index is 640. The highest BCUT2D eigenvalue weighted by Crippen LogP contribution is 2.21. The Morgan fingerprint density at radius 3 is 3.05 bits per heavy atom. The molecule has 22 heavy (non-hydrogen) atoms. The van der Waals surface area contributed by atoms with Crippen LogP contribution in [0, 0.1) is 13.8 Å². The van der Waals surface area contributed by atoms with Crippen LogP contribution in [0.5, 0.6) is 0 Å². The van der Waals surface area contributed by atoms with Gasteiger partial charge in [-0.25, -0.2) is 0 Å². The minimum Gasteiger partial charge on any atom is -0.376 e. The van der Waals surface area contributed by atoms with Gasteiger partial charge >= 0.3 is 0 Å². The van der Waals surface area contributed by atoms with Crippen LogP contribution >= 0.6 is 0 Å². The average molecular weight is 299 g/mol. The first-order valence-corrected chi connectivity index (χ1v) is 7.61. The molecule has 1 aliphatic heterocycles. The molecule has 0 saturated carbocycles. The SMILES string of the molecule is Cc1cccc(Nc2nncc(NCC3CCCO3)n2)c1C. The van der Waals surface area contributed by atoms with Gasteiger partial charge in [-0.2, -0.15) is 10.1 Å². The van der Waals surface area contributed by atoms with Gasteiger partial charge in [0, 0.05) is 18.8 Å². The number of hydrogen-bond donors (Lipinski definition) is 2. The Balaban J connectivity index is 1.66. The number of ether oxygens (including phenoxy) is 1. The lowest BCUT2D eigenvalue weighted by Crippen LogP contribution is -2.19. The molecule has 0 spiro atoms. The van der Waals surface area contributed by atoms with Gasteiger partial charge in [0.15, 0.2) is 5.82 Å².